The second kappa shape index (κ2) is 7.09. The molecule has 3 rings (SSSR count). The number of rotatable bonds is 3. The van der Waals surface area contributed by atoms with Gasteiger partial charge < -0.3 is 10.2 Å². The van der Waals surface area contributed by atoms with Crippen LogP contribution in [0.5, 0.6) is 0 Å². The van der Waals surface area contributed by atoms with Crippen LogP contribution < -0.4 is 10.2 Å². The molecule has 0 radical (unpaired) electrons. The van der Waals surface area contributed by atoms with E-state index < -0.39 is 0 Å². The lowest BCUT2D eigenvalue weighted by Crippen LogP contribution is -2.25. The second-order valence-corrected chi connectivity index (χ2v) is 6.55. The van der Waals surface area contributed by atoms with E-state index in [0.717, 1.165) is 34.8 Å². The molecule has 0 unspecified atom stereocenters. The zero-order valence-corrected chi connectivity index (χ0v) is 14.4. The fourth-order valence-corrected chi connectivity index (χ4v) is 3.14. The van der Waals surface area contributed by atoms with Gasteiger partial charge in [-0.1, -0.05) is 25.0 Å². The third kappa shape index (κ3) is 3.77. The fraction of sp³-hybridized carbons (Fsp3) is 0.412. The Morgan fingerprint density at radius 3 is 2.50 bits per heavy atom. The van der Waals surface area contributed by atoms with Crippen LogP contribution in [0, 0.1) is 6.92 Å². The predicted octanol–water partition coefficient (Wildman–Crippen LogP) is 4.67. The summed E-state index contributed by atoms with van der Waals surface area (Å²) in [6, 6.07) is 10.1. The van der Waals surface area contributed by atoms with Gasteiger partial charge in [-0.25, -0.2) is 4.98 Å². The number of para-hydroxylation sites is 1. The number of aromatic nitrogens is 2. The first-order valence-electron chi connectivity index (χ1n) is 7.84. The van der Waals surface area contributed by atoms with Crippen LogP contribution in [0.1, 0.15) is 31.4 Å². The SMILES string of the molecule is Cc1cc(N2CCCCCC2)nc(Nc2ccccc2Br)n1. The summed E-state index contributed by atoms with van der Waals surface area (Å²) >= 11 is 3.55. The van der Waals surface area contributed by atoms with Crippen molar-refractivity contribution in [1.29, 1.82) is 0 Å². The van der Waals surface area contributed by atoms with E-state index in [1.54, 1.807) is 0 Å². The molecule has 4 nitrogen and oxygen atoms in total. The van der Waals surface area contributed by atoms with Crippen molar-refractivity contribution in [2.45, 2.75) is 32.6 Å². The van der Waals surface area contributed by atoms with Gasteiger partial charge in [0, 0.05) is 29.3 Å². The van der Waals surface area contributed by atoms with Crippen molar-refractivity contribution in [2.75, 3.05) is 23.3 Å². The van der Waals surface area contributed by atoms with E-state index in [2.05, 4.69) is 37.2 Å². The maximum absolute atomic E-state index is 4.72. The summed E-state index contributed by atoms with van der Waals surface area (Å²) in [5, 5.41) is 3.31. The molecule has 5 heteroatoms. The van der Waals surface area contributed by atoms with Crippen LogP contribution in [-0.2, 0) is 0 Å². The first-order chi connectivity index (χ1) is 10.7. The summed E-state index contributed by atoms with van der Waals surface area (Å²) in [7, 11) is 0. The minimum absolute atomic E-state index is 0.658. The molecule has 0 saturated carbocycles. The third-order valence-corrected chi connectivity index (χ3v) is 4.58. The highest BCUT2D eigenvalue weighted by molar-refractivity contribution is 9.10. The number of hydrogen-bond donors (Lipinski definition) is 1. The summed E-state index contributed by atoms with van der Waals surface area (Å²) in [6.45, 7) is 4.20. The average Bonchev–Trinajstić information content (AvgIpc) is 2.78. The van der Waals surface area contributed by atoms with Crippen molar-refractivity contribution in [3.8, 4) is 0 Å². The van der Waals surface area contributed by atoms with Crippen molar-refractivity contribution >= 4 is 33.4 Å². The van der Waals surface area contributed by atoms with Gasteiger partial charge in [0.2, 0.25) is 5.95 Å². The average molecular weight is 361 g/mol. The van der Waals surface area contributed by atoms with Gasteiger partial charge in [0.15, 0.2) is 0 Å². The van der Waals surface area contributed by atoms with Gasteiger partial charge in [-0.2, -0.15) is 4.98 Å². The zero-order chi connectivity index (χ0) is 15.4. The van der Waals surface area contributed by atoms with Gasteiger partial charge in [-0.05, 0) is 47.8 Å². The number of hydrogen-bond acceptors (Lipinski definition) is 4. The number of nitrogens with zero attached hydrogens (tertiary/aromatic N) is 3. The van der Waals surface area contributed by atoms with Gasteiger partial charge in [0.1, 0.15) is 5.82 Å². The smallest absolute Gasteiger partial charge is 0.229 e. The van der Waals surface area contributed by atoms with Crippen LogP contribution in [0.4, 0.5) is 17.5 Å². The Bertz CT molecular complexity index is 636. The molecule has 0 atom stereocenters. The highest BCUT2D eigenvalue weighted by Crippen LogP contribution is 2.25. The number of anilines is 3. The molecule has 2 aromatic rings. The molecule has 1 N–H and O–H groups in total. The highest BCUT2D eigenvalue weighted by Gasteiger charge is 2.13. The predicted molar refractivity (Wildman–Crippen MR) is 94.9 cm³/mol. The Labute approximate surface area is 140 Å². The van der Waals surface area contributed by atoms with Crippen LogP contribution in [0.3, 0.4) is 0 Å². The Kier molecular flexibility index (Phi) is 4.93. The van der Waals surface area contributed by atoms with E-state index in [4.69, 9.17) is 4.98 Å². The van der Waals surface area contributed by atoms with Crippen LogP contribution in [-0.4, -0.2) is 23.1 Å². The summed E-state index contributed by atoms with van der Waals surface area (Å²) in [5.41, 5.74) is 1.97. The van der Waals surface area contributed by atoms with Crippen LogP contribution in [0.15, 0.2) is 34.8 Å². The molecule has 22 heavy (non-hydrogen) atoms. The van der Waals surface area contributed by atoms with Gasteiger partial charge in [-0.15, -0.1) is 0 Å². The first kappa shape index (κ1) is 15.3. The van der Waals surface area contributed by atoms with E-state index in [1.807, 2.05) is 31.2 Å². The Morgan fingerprint density at radius 2 is 1.77 bits per heavy atom. The van der Waals surface area contributed by atoms with Crippen molar-refractivity contribution in [1.82, 2.24) is 9.97 Å². The molecule has 1 aromatic heterocycles. The Hall–Kier alpha value is -1.62. The van der Waals surface area contributed by atoms with Crippen LogP contribution >= 0.6 is 15.9 Å². The molecule has 0 bridgehead atoms. The standard InChI is InChI=1S/C17H21BrN4/c1-13-12-16(22-10-6-2-3-7-11-22)21-17(19-13)20-15-9-5-4-8-14(15)18/h4-5,8-9,12H,2-3,6-7,10-11H2,1H3,(H,19,20,21). The van der Waals surface area contributed by atoms with Crippen LogP contribution in [0.2, 0.25) is 0 Å². The maximum atomic E-state index is 4.72. The maximum Gasteiger partial charge on any atom is 0.229 e. The van der Waals surface area contributed by atoms with Crippen LogP contribution in [0.25, 0.3) is 0 Å². The van der Waals surface area contributed by atoms with E-state index in [1.165, 1.54) is 25.7 Å². The normalized spacial score (nSPS) is 15.5. The number of halogens is 1. The lowest BCUT2D eigenvalue weighted by molar-refractivity contribution is 0.726. The largest absolute Gasteiger partial charge is 0.356 e. The van der Waals surface area contributed by atoms with Gasteiger partial charge >= 0.3 is 0 Å². The molecule has 0 aliphatic carbocycles. The summed E-state index contributed by atoms with van der Waals surface area (Å²) in [5.74, 6) is 1.69. The van der Waals surface area contributed by atoms with E-state index in [9.17, 15) is 0 Å². The minimum atomic E-state index is 0.658. The zero-order valence-electron chi connectivity index (χ0n) is 12.8. The molecule has 2 heterocycles. The van der Waals surface area contributed by atoms with E-state index >= 15 is 0 Å². The molecular formula is C17H21BrN4. The van der Waals surface area contributed by atoms with Gasteiger partial charge in [0.05, 0.1) is 5.69 Å². The molecule has 1 aromatic carbocycles. The Balaban J connectivity index is 1.84. The molecule has 1 fully saturated rings. The second-order valence-electron chi connectivity index (χ2n) is 5.70. The monoisotopic (exact) mass is 360 g/mol. The van der Waals surface area contributed by atoms with E-state index in [0.29, 0.717) is 5.95 Å². The topological polar surface area (TPSA) is 41.1 Å². The number of nitrogens with one attached hydrogen (secondary N) is 1. The molecule has 1 aliphatic rings. The van der Waals surface area contributed by atoms with Gasteiger partial charge in [0.25, 0.3) is 0 Å². The molecule has 0 spiro atoms. The van der Waals surface area contributed by atoms with Gasteiger partial charge in [-0.3, -0.25) is 0 Å². The lowest BCUT2D eigenvalue weighted by Gasteiger charge is -2.22. The highest BCUT2D eigenvalue weighted by atomic mass is 79.9. The number of aryl methyl sites for hydroxylation is 1. The lowest BCUT2D eigenvalue weighted by atomic mass is 10.2. The molecular weight excluding hydrogens is 340 g/mol. The minimum Gasteiger partial charge on any atom is -0.356 e. The first-order valence-corrected chi connectivity index (χ1v) is 8.64. The van der Waals surface area contributed by atoms with Crippen molar-refractivity contribution in [3.63, 3.8) is 0 Å². The molecule has 116 valence electrons. The van der Waals surface area contributed by atoms with Crippen molar-refractivity contribution in [2.24, 2.45) is 0 Å². The quantitative estimate of drug-likeness (QED) is 0.863. The fourth-order valence-electron chi connectivity index (χ4n) is 2.75. The molecule has 0 amide bonds. The number of benzene rings is 1. The molecule has 1 aliphatic heterocycles. The Morgan fingerprint density at radius 1 is 1.05 bits per heavy atom. The molecule has 1 saturated heterocycles. The summed E-state index contributed by atoms with van der Waals surface area (Å²) < 4.78 is 1.01. The summed E-state index contributed by atoms with van der Waals surface area (Å²) in [6.07, 6.45) is 5.14. The van der Waals surface area contributed by atoms with Crippen molar-refractivity contribution in [3.05, 3.63) is 40.5 Å². The van der Waals surface area contributed by atoms with Crippen molar-refractivity contribution < 1.29 is 0 Å². The third-order valence-electron chi connectivity index (χ3n) is 3.89. The van der Waals surface area contributed by atoms with E-state index in [-0.39, 0.29) is 0 Å². The summed E-state index contributed by atoms with van der Waals surface area (Å²) in [4.78, 5) is 11.6.